The number of carbonyl (C=O) groups excluding carboxylic acids is 1. The van der Waals surface area contributed by atoms with Crippen molar-refractivity contribution in [2.45, 2.75) is 31.8 Å². The number of nitrogens with one attached hydrogen (secondary N) is 1. The molecule has 0 spiro atoms. The third-order valence-corrected chi connectivity index (χ3v) is 4.32. The molecule has 0 bridgehead atoms. The van der Waals surface area contributed by atoms with E-state index in [-0.39, 0.29) is 11.9 Å². The predicted molar refractivity (Wildman–Crippen MR) is 87.2 cm³/mol. The van der Waals surface area contributed by atoms with Crippen molar-refractivity contribution in [3.63, 3.8) is 0 Å². The average molecular weight is 290 g/mol. The predicted octanol–water partition coefficient (Wildman–Crippen LogP) is 1.62. The van der Waals surface area contributed by atoms with E-state index in [1.165, 1.54) is 6.42 Å². The number of hydrogen-bond acceptors (Lipinski definition) is 4. The number of nitrogens with two attached hydrogens (primary N) is 1. The zero-order chi connectivity index (χ0) is 15.4. The van der Waals surface area contributed by atoms with Crippen LogP contribution in [0.2, 0.25) is 0 Å². The summed E-state index contributed by atoms with van der Waals surface area (Å²) in [5, 5.41) is 2.94. The highest BCUT2D eigenvalue weighted by Crippen LogP contribution is 2.17. The number of amides is 1. The molecule has 0 aromatic heterocycles. The Morgan fingerprint density at radius 3 is 2.95 bits per heavy atom. The van der Waals surface area contributed by atoms with Crippen molar-refractivity contribution >= 4 is 17.3 Å². The molecule has 0 radical (unpaired) electrons. The van der Waals surface area contributed by atoms with Gasteiger partial charge in [-0.25, -0.2) is 0 Å². The van der Waals surface area contributed by atoms with Crippen LogP contribution >= 0.6 is 0 Å². The number of hydrogen-bond donors (Lipinski definition) is 2. The molecule has 2 rings (SSSR count). The first-order valence-electron chi connectivity index (χ1n) is 7.54. The number of likely N-dealkylation sites (tertiary alicyclic amines) is 1. The summed E-state index contributed by atoms with van der Waals surface area (Å²) in [6.07, 6.45) is 2.34. The van der Waals surface area contributed by atoms with Crippen LogP contribution in [0, 0.1) is 0 Å². The van der Waals surface area contributed by atoms with Gasteiger partial charge < -0.3 is 16.0 Å². The van der Waals surface area contributed by atoms with E-state index >= 15 is 0 Å². The van der Waals surface area contributed by atoms with Crippen LogP contribution in [0.4, 0.5) is 11.4 Å². The van der Waals surface area contributed by atoms with Gasteiger partial charge in [-0.05, 0) is 58.6 Å². The molecule has 21 heavy (non-hydrogen) atoms. The summed E-state index contributed by atoms with van der Waals surface area (Å²) in [5.74, 6) is 0.0105. The van der Waals surface area contributed by atoms with Crippen LogP contribution in [0.25, 0.3) is 0 Å². The summed E-state index contributed by atoms with van der Waals surface area (Å²) < 4.78 is 0. The number of anilines is 2. The quantitative estimate of drug-likeness (QED) is 0.827. The summed E-state index contributed by atoms with van der Waals surface area (Å²) in [6, 6.07) is 7.56. The minimum absolute atomic E-state index is 0.0105. The maximum absolute atomic E-state index is 12.4. The lowest BCUT2D eigenvalue weighted by Crippen LogP contribution is -2.51. The van der Waals surface area contributed by atoms with Gasteiger partial charge in [0.05, 0.1) is 6.04 Å². The van der Waals surface area contributed by atoms with Gasteiger partial charge in [0.25, 0.3) is 0 Å². The van der Waals surface area contributed by atoms with Gasteiger partial charge >= 0.3 is 0 Å². The molecule has 1 fully saturated rings. The summed E-state index contributed by atoms with van der Waals surface area (Å²) in [6.45, 7) is 4.12. The third-order valence-electron chi connectivity index (χ3n) is 4.32. The van der Waals surface area contributed by atoms with Crippen molar-refractivity contribution in [3.8, 4) is 0 Å². The highest BCUT2D eigenvalue weighted by molar-refractivity contribution is 5.94. The number of benzene rings is 1. The normalized spacial score (nSPS) is 21.2. The first-order chi connectivity index (χ1) is 9.97. The van der Waals surface area contributed by atoms with Gasteiger partial charge in [-0.2, -0.15) is 0 Å². The number of piperidine rings is 1. The van der Waals surface area contributed by atoms with Crippen molar-refractivity contribution in [2.24, 2.45) is 0 Å². The summed E-state index contributed by atoms with van der Waals surface area (Å²) in [5.41, 5.74) is 7.14. The van der Waals surface area contributed by atoms with Gasteiger partial charge in [-0.15, -0.1) is 0 Å². The standard InChI is InChI=1S/C16H26N4O/c1-12(20(3)15-8-5-9-19(2)11-15)16(21)18-14-7-4-6-13(17)10-14/h4,6-7,10,12,15H,5,8-9,11,17H2,1-3H3,(H,18,21). The Labute approximate surface area is 127 Å². The Bertz CT molecular complexity index is 491. The molecule has 1 amide bonds. The topological polar surface area (TPSA) is 61.6 Å². The molecule has 2 atom stereocenters. The van der Waals surface area contributed by atoms with Gasteiger partial charge in [0, 0.05) is 24.0 Å². The Kier molecular flexibility index (Phi) is 5.20. The lowest BCUT2D eigenvalue weighted by atomic mass is 10.0. The second kappa shape index (κ2) is 6.91. The molecule has 1 aromatic rings. The zero-order valence-electron chi connectivity index (χ0n) is 13.2. The van der Waals surface area contributed by atoms with Crippen LogP contribution in [-0.4, -0.2) is 55.0 Å². The number of likely N-dealkylation sites (N-methyl/N-ethyl adjacent to an activating group) is 2. The lowest BCUT2D eigenvalue weighted by molar-refractivity contribution is -0.121. The fourth-order valence-corrected chi connectivity index (χ4v) is 2.84. The maximum atomic E-state index is 12.4. The Morgan fingerprint density at radius 2 is 2.29 bits per heavy atom. The molecule has 1 heterocycles. The second-order valence-electron chi connectivity index (χ2n) is 6.01. The lowest BCUT2D eigenvalue weighted by Gasteiger charge is -2.38. The van der Waals surface area contributed by atoms with E-state index in [1.54, 1.807) is 6.07 Å². The minimum Gasteiger partial charge on any atom is -0.399 e. The largest absolute Gasteiger partial charge is 0.399 e. The van der Waals surface area contributed by atoms with Gasteiger partial charge in [-0.1, -0.05) is 6.07 Å². The SMILES string of the molecule is CC(C(=O)Nc1cccc(N)c1)N(C)C1CCCN(C)C1. The number of rotatable bonds is 4. The summed E-state index contributed by atoms with van der Waals surface area (Å²) in [7, 11) is 4.17. The molecule has 2 unspecified atom stereocenters. The van der Waals surface area contributed by atoms with Crippen LogP contribution in [0.3, 0.4) is 0 Å². The van der Waals surface area contributed by atoms with Crippen LogP contribution in [0.15, 0.2) is 24.3 Å². The van der Waals surface area contributed by atoms with Gasteiger partial charge in [-0.3, -0.25) is 9.69 Å². The Morgan fingerprint density at radius 1 is 1.52 bits per heavy atom. The fourth-order valence-electron chi connectivity index (χ4n) is 2.84. The average Bonchev–Trinajstić information content (AvgIpc) is 2.45. The summed E-state index contributed by atoms with van der Waals surface area (Å²) >= 11 is 0. The van der Waals surface area contributed by atoms with E-state index < -0.39 is 0 Å². The van der Waals surface area contributed by atoms with E-state index in [1.807, 2.05) is 32.2 Å². The molecule has 1 aliphatic heterocycles. The van der Waals surface area contributed by atoms with Crippen molar-refractivity contribution in [2.75, 3.05) is 38.2 Å². The highest BCUT2D eigenvalue weighted by atomic mass is 16.2. The summed E-state index contributed by atoms with van der Waals surface area (Å²) in [4.78, 5) is 16.9. The van der Waals surface area contributed by atoms with Crippen LogP contribution in [0.5, 0.6) is 0 Å². The molecule has 116 valence electrons. The molecular formula is C16H26N4O. The van der Waals surface area contributed by atoms with Crippen LogP contribution in [-0.2, 0) is 4.79 Å². The smallest absolute Gasteiger partial charge is 0.241 e. The molecule has 0 aliphatic carbocycles. The van der Waals surface area contributed by atoms with E-state index in [0.717, 1.165) is 25.2 Å². The van der Waals surface area contributed by atoms with E-state index in [4.69, 9.17) is 5.73 Å². The molecule has 5 heteroatoms. The third kappa shape index (κ3) is 4.19. The van der Waals surface area contributed by atoms with Crippen molar-refractivity contribution in [1.29, 1.82) is 0 Å². The zero-order valence-corrected chi connectivity index (χ0v) is 13.2. The van der Waals surface area contributed by atoms with Gasteiger partial charge in [0.15, 0.2) is 0 Å². The molecule has 1 aromatic carbocycles. The van der Waals surface area contributed by atoms with Crippen molar-refractivity contribution < 1.29 is 4.79 Å². The van der Waals surface area contributed by atoms with Crippen molar-refractivity contribution in [3.05, 3.63) is 24.3 Å². The first-order valence-corrected chi connectivity index (χ1v) is 7.54. The first kappa shape index (κ1) is 15.8. The number of nitrogens with zero attached hydrogens (tertiary/aromatic N) is 2. The van der Waals surface area contributed by atoms with E-state index in [2.05, 4.69) is 22.2 Å². The molecule has 5 nitrogen and oxygen atoms in total. The van der Waals surface area contributed by atoms with Gasteiger partial charge in [0.2, 0.25) is 5.91 Å². The Hall–Kier alpha value is -1.59. The van der Waals surface area contributed by atoms with Crippen LogP contribution < -0.4 is 11.1 Å². The van der Waals surface area contributed by atoms with Crippen molar-refractivity contribution in [1.82, 2.24) is 9.80 Å². The molecular weight excluding hydrogens is 264 g/mol. The number of nitrogen functional groups attached to an aromatic ring is 1. The molecule has 0 saturated carbocycles. The number of carbonyl (C=O) groups is 1. The molecule has 1 aliphatic rings. The van der Waals surface area contributed by atoms with E-state index in [9.17, 15) is 4.79 Å². The van der Waals surface area contributed by atoms with E-state index in [0.29, 0.717) is 11.7 Å². The Balaban J connectivity index is 1.95. The highest BCUT2D eigenvalue weighted by Gasteiger charge is 2.27. The maximum Gasteiger partial charge on any atom is 0.241 e. The molecule has 1 saturated heterocycles. The van der Waals surface area contributed by atoms with Gasteiger partial charge in [0.1, 0.15) is 0 Å². The molecule has 3 N–H and O–H groups in total. The van der Waals surface area contributed by atoms with Crippen LogP contribution in [0.1, 0.15) is 19.8 Å². The fraction of sp³-hybridized carbons (Fsp3) is 0.562. The second-order valence-corrected chi connectivity index (χ2v) is 6.01. The minimum atomic E-state index is -0.164. The monoisotopic (exact) mass is 290 g/mol.